The third-order valence-corrected chi connectivity index (χ3v) is 9.74. The van der Waals surface area contributed by atoms with Gasteiger partial charge in [-0.05, 0) is 77.3 Å². The van der Waals surface area contributed by atoms with Gasteiger partial charge in [0.25, 0.3) is 10.1 Å². The maximum absolute atomic E-state index is 14.0. The van der Waals surface area contributed by atoms with Gasteiger partial charge < -0.3 is 25.5 Å². The Bertz CT molecular complexity index is 2020. The Morgan fingerprint density at radius 2 is 1.24 bits per heavy atom. The minimum absolute atomic E-state index is 0. The molecular formula is C37H44N2NaO13S+. The topological polar surface area (TPSA) is 247 Å². The fourth-order valence-electron chi connectivity index (χ4n) is 6.34. The molecular weight excluding hydrogens is 735 g/mol. The first-order valence-corrected chi connectivity index (χ1v) is 17.9. The number of phenols is 1. The van der Waals surface area contributed by atoms with Gasteiger partial charge in [0.1, 0.15) is 10.6 Å². The summed E-state index contributed by atoms with van der Waals surface area (Å²) in [6, 6.07) is 7.13. The number of benzene rings is 2. The van der Waals surface area contributed by atoms with Crippen LogP contribution in [0.2, 0.25) is 0 Å². The summed E-state index contributed by atoms with van der Waals surface area (Å²) >= 11 is 0. The number of hydrogen-bond donors (Lipinski definition) is 6. The average Bonchev–Trinajstić information content (AvgIpc) is 3.01. The van der Waals surface area contributed by atoms with E-state index in [-0.39, 0.29) is 86.8 Å². The largest absolute Gasteiger partial charge is 1.00 e. The molecule has 0 spiro atoms. The van der Waals surface area contributed by atoms with Crippen molar-refractivity contribution < 1.29 is 92.0 Å². The number of ketones is 1. The summed E-state index contributed by atoms with van der Waals surface area (Å²) in [5.41, 5.74) is 2.01. The molecule has 0 unspecified atom stereocenters. The number of carboxylic acids is 4. The molecule has 1 aliphatic carbocycles. The zero-order chi connectivity index (χ0) is 40.1. The van der Waals surface area contributed by atoms with E-state index in [1.54, 1.807) is 53.7 Å². The summed E-state index contributed by atoms with van der Waals surface area (Å²) in [7, 11) is -4.91. The van der Waals surface area contributed by atoms with Crippen molar-refractivity contribution in [1.82, 2.24) is 9.80 Å². The van der Waals surface area contributed by atoms with Gasteiger partial charge in [0.15, 0.2) is 5.78 Å². The number of carbonyl (C=O) groups excluding carboxylic acids is 1. The zero-order valence-electron chi connectivity index (χ0n) is 31.2. The van der Waals surface area contributed by atoms with Crippen LogP contribution in [0.25, 0.3) is 5.57 Å². The number of Topliss-reactive ketones (excluding diaryl/α,β-unsaturated/α-hetero) is 1. The van der Waals surface area contributed by atoms with Crippen LogP contribution in [-0.4, -0.2) is 111 Å². The molecule has 0 aromatic heterocycles. The molecule has 54 heavy (non-hydrogen) atoms. The molecule has 286 valence electrons. The predicted molar refractivity (Wildman–Crippen MR) is 192 cm³/mol. The summed E-state index contributed by atoms with van der Waals surface area (Å²) in [6.07, 6.45) is 1.56. The number of aliphatic carboxylic acids is 4. The van der Waals surface area contributed by atoms with Gasteiger partial charge in [0, 0.05) is 35.4 Å². The van der Waals surface area contributed by atoms with Crippen LogP contribution < -0.4 is 29.6 Å². The van der Waals surface area contributed by atoms with E-state index in [4.69, 9.17) is 0 Å². The second kappa shape index (κ2) is 18.9. The molecule has 0 atom stereocenters. The number of carboxylic acid groups (broad SMARTS) is 4. The fraction of sp³-hybridized carbons (Fsp3) is 0.378. The number of nitrogens with zero attached hydrogens (tertiary/aromatic N) is 2. The van der Waals surface area contributed by atoms with Crippen molar-refractivity contribution in [3.05, 3.63) is 86.5 Å². The molecule has 6 N–H and O–H groups in total. The quantitative estimate of drug-likeness (QED) is 0.0961. The van der Waals surface area contributed by atoms with Gasteiger partial charge in [-0.25, -0.2) is 0 Å². The van der Waals surface area contributed by atoms with Gasteiger partial charge in [0.05, 0.1) is 26.2 Å². The SMILES string of the molecule is CC1=C(CN(CC(=O)O)CC(=O)O)C(=O)C(C(C)C)=C/C1=C(\c1ccccc1S(=O)(=O)O)c1cc(C(C)C)c(O)c(CN(CC(=O)O)CC(=O)O)c1C.[Na+]. The molecule has 0 bridgehead atoms. The third kappa shape index (κ3) is 11.2. The number of aromatic hydroxyl groups is 1. The molecule has 1 aliphatic rings. The summed E-state index contributed by atoms with van der Waals surface area (Å²) in [5.74, 6) is -6.84. The van der Waals surface area contributed by atoms with Gasteiger partial charge >= 0.3 is 53.4 Å². The Labute approximate surface area is 335 Å². The van der Waals surface area contributed by atoms with Crippen LogP contribution in [0, 0.1) is 12.8 Å². The smallest absolute Gasteiger partial charge is 0.507 e. The van der Waals surface area contributed by atoms with E-state index in [0.717, 1.165) is 9.80 Å². The minimum atomic E-state index is -4.91. The molecule has 2 aromatic rings. The van der Waals surface area contributed by atoms with Crippen molar-refractivity contribution in [3.8, 4) is 5.75 Å². The molecule has 15 nitrogen and oxygen atoms in total. The molecule has 0 heterocycles. The fourth-order valence-corrected chi connectivity index (χ4v) is 7.03. The van der Waals surface area contributed by atoms with Crippen molar-refractivity contribution in [3.63, 3.8) is 0 Å². The second-order valence-corrected chi connectivity index (χ2v) is 14.8. The molecule has 0 amide bonds. The first-order valence-electron chi connectivity index (χ1n) is 16.5. The first kappa shape index (κ1) is 46.0. The van der Waals surface area contributed by atoms with Crippen LogP contribution in [0.15, 0.2) is 63.6 Å². The normalized spacial score (nSPS) is 14.4. The summed E-state index contributed by atoms with van der Waals surface area (Å²) in [4.78, 5) is 62.5. The summed E-state index contributed by atoms with van der Waals surface area (Å²) < 4.78 is 36.2. The van der Waals surface area contributed by atoms with Crippen molar-refractivity contribution in [2.24, 2.45) is 5.92 Å². The number of phenolic OH excluding ortho intramolecular Hbond substituents is 1. The van der Waals surface area contributed by atoms with Crippen molar-refractivity contribution in [2.75, 3.05) is 32.7 Å². The Kier molecular flexibility index (Phi) is 16.1. The van der Waals surface area contributed by atoms with Crippen LogP contribution >= 0.6 is 0 Å². The van der Waals surface area contributed by atoms with Gasteiger partial charge in [-0.1, -0.05) is 45.9 Å². The molecule has 0 saturated carbocycles. The van der Waals surface area contributed by atoms with Gasteiger partial charge in [-0.3, -0.25) is 38.3 Å². The van der Waals surface area contributed by atoms with Crippen molar-refractivity contribution in [2.45, 2.75) is 58.9 Å². The zero-order valence-corrected chi connectivity index (χ0v) is 34.0. The minimum Gasteiger partial charge on any atom is -0.507 e. The molecule has 2 aromatic carbocycles. The molecule has 0 aliphatic heterocycles. The van der Waals surface area contributed by atoms with Crippen molar-refractivity contribution in [1.29, 1.82) is 0 Å². The summed E-state index contributed by atoms with van der Waals surface area (Å²) in [6.45, 7) is 6.57. The molecule has 3 rings (SSSR count). The Balaban J connectivity index is 0.0000101. The molecule has 0 fully saturated rings. The number of carbonyl (C=O) groups is 5. The van der Waals surface area contributed by atoms with E-state index in [1.807, 2.05) is 0 Å². The van der Waals surface area contributed by atoms with E-state index >= 15 is 0 Å². The van der Waals surface area contributed by atoms with Crippen LogP contribution in [0.1, 0.15) is 68.4 Å². The van der Waals surface area contributed by atoms with Gasteiger partial charge in [0.2, 0.25) is 0 Å². The average molecular weight is 780 g/mol. The first-order chi connectivity index (χ1) is 24.5. The van der Waals surface area contributed by atoms with Gasteiger partial charge in [-0.2, -0.15) is 8.42 Å². The van der Waals surface area contributed by atoms with E-state index in [2.05, 4.69) is 0 Å². The third-order valence-electron chi connectivity index (χ3n) is 8.82. The van der Waals surface area contributed by atoms with Crippen LogP contribution in [-0.2, 0) is 40.6 Å². The van der Waals surface area contributed by atoms with Crippen LogP contribution in [0.3, 0.4) is 0 Å². The Morgan fingerprint density at radius 1 is 0.759 bits per heavy atom. The summed E-state index contributed by atoms with van der Waals surface area (Å²) in [5, 5.41) is 49.7. The maximum atomic E-state index is 14.0. The van der Waals surface area contributed by atoms with E-state index in [0.29, 0.717) is 16.7 Å². The molecule has 0 radical (unpaired) electrons. The Morgan fingerprint density at radius 3 is 1.69 bits per heavy atom. The van der Waals surface area contributed by atoms with Crippen molar-refractivity contribution >= 4 is 45.4 Å². The predicted octanol–water partition coefficient (Wildman–Crippen LogP) is 0.801. The van der Waals surface area contributed by atoms with E-state index in [9.17, 15) is 62.5 Å². The van der Waals surface area contributed by atoms with Crippen LogP contribution in [0.4, 0.5) is 0 Å². The van der Waals surface area contributed by atoms with Gasteiger partial charge in [-0.15, -0.1) is 0 Å². The van der Waals surface area contributed by atoms with E-state index in [1.165, 1.54) is 24.3 Å². The monoisotopic (exact) mass is 779 g/mol. The number of hydrogen-bond acceptors (Lipinski definition) is 10. The molecule has 0 saturated heterocycles. The second-order valence-electron chi connectivity index (χ2n) is 13.4. The number of allylic oxidation sites excluding steroid dienone is 4. The Hall–Kier alpha value is -4.16. The standard InChI is InChI=1S/C37H44N2O13S.Na/c1-19(2)24-11-26(21(5)28(36(24)48)13-38(15-31(40)41)16-32(42)43)35(23-9-7-8-10-30(23)53(50,51)52)27-12-25(20(3)4)37(49)29(22(27)6)14-39(17-33(44)45)18-34(46)47;/h7-12,19-20,48H,13-18H2,1-6H3,(H,40,41)(H,42,43)(H,44,45)(H,46,47)(H,50,51,52);/q;+1/b35-27-;. The van der Waals surface area contributed by atoms with E-state index < -0.39 is 83.3 Å². The molecule has 17 heteroatoms. The van der Waals surface area contributed by atoms with Crippen LogP contribution in [0.5, 0.6) is 5.75 Å². The maximum Gasteiger partial charge on any atom is 1.00 e. The number of rotatable bonds is 17.